The van der Waals surface area contributed by atoms with Crippen LogP contribution in [0, 0.1) is 0 Å². The van der Waals surface area contributed by atoms with Crippen molar-refractivity contribution < 1.29 is 19.1 Å². The molecule has 8 nitrogen and oxygen atoms in total. The molecule has 1 aliphatic rings. The summed E-state index contributed by atoms with van der Waals surface area (Å²) in [5.41, 5.74) is 7.03. The minimum absolute atomic E-state index is 0.172. The van der Waals surface area contributed by atoms with E-state index in [1.807, 2.05) is 0 Å². The highest BCUT2D eigenvalue weighted by Crippen LogP contribution is 2.20. The lowest BCUT2D eigenvalue weighted by atomic mass is 10.1. The number of hydrogen-bond donors (Lipinski definition) is 3. The molecule has 26 heavy (non-hydrogen) atoms. The average Bonchev–Trinajstić information content (AvgIpc) is 3.11. The zero-order chi connectivity index (χ0) is 18.8. The lowest BCUT2D eigenvalue weighted by molar-refractivity contribution is -0.147. The maximum atomic E-state index is 12.5. The largest absolute Gasteiger partial charge is 0.465 e. The van der Waals surface area contributed by atoms with E-state index in [0.717, 1.165) is 10.9 Å². The quantitative estimate of drug-likeness (QED) is 0.660. The van der Waals surface area contributed by atoms with Crippen LogP contribution < -0.4 is 11.1 Å². The van der Waals surface area contributed by atoms with Crippen LogP contribution in [0.2, 0.25) is 5.02 Å². The number of fused-ring (bicyclic) bond motifs is 1. The summed E-state index contributed by atoms with van der Waals surface area (Å²) in [6.45, 7) is 1.91. The van der Waals surface area contributed by atoms with Gasteiger partial charge < -0.3 is 25.7 Å². The van der Waals surface area contributed by atoms with Gasteiger partial charge >= 0.3 is 5.97 Å². The Labute approximate surface area is 154 Å². The van der Waals surface area contributed by atoms with Crippen molar-refractivity contribution >= 4 is 40.3 Å². The van der Waals surface area contributed by atoms with Crippen LogP contribution in [0.5, 0.6) is 0 Å². The van der Waals surface area contributed by atoms with E-state index < -0.39 is 29.9 Å². The Hall–Kier alpha value is -2.58. The van der Waals surface area contributed by atoms with Gasteiger partial charge in [0, 0.05) is 22.5 Å². The molecule has 4 N–H and O–H groups in total. The highest BCUT2D eigenvalue weighted by molar-refractivity contribution is 6.31. The van der Waals surface area contributed by atoms with Gasteiger partial charge in [0.2, 0.25) is 5.91 Å². The molecule has 3 rings (SSSR count). The fourth-order valence-corrected chi connectivity index (χ4v) is 3.13. The number of nitrogens with zero attached hydrogens (tertiary/aromatic N) is 1. The third-order valence-electron chi connectivity index (χ3n) is 4.18. The molecule has 2 atom stereocenters. The summed E-state index contributed by atoms with van der Waals surface area (Å²) in [4.78, 5) is 40.8. The van der Waals surface area contributed by atoms with Gasteiger partial charge in [0.1, 0.15) is 18.3 Å². The lowest BCUT2D eigenvalue weighted by Gasteiger charge is -2.15. The highest BCUT2D eigenvalue weighted by atomic mass is 35.5. The number of ether oxygens (including phenoxy) is 1. The SMILES string of the molecule is CCOC(=O)CN1C[C@@H](N)C(NC(=O)c2cc3cc(Cl)ccc3[nH]2)C1=O. The molecule has 1 aromatic carbocycles. The fourth-order valence-electron chi connectivity index (χ4n) is 2.95. The third-order valence-corrected chi connectivity index (χ3v) is 4.41. The van der Waals surface area contributed by atoms with E-state index in [-0.39, 0.29) is 19.7 Å². The van der Waals surface area contributed by atoms with E-state index in [1.54, 1.807) is 31.2 Å². The molecule has 0 bridgehead atoms. The zero-order valence-corrected chi connectivity index (χ0v) is 14.9. The number of nitrogens with one attached hydrogen (secondary N) is 2. The van der Waals surface area contributed by atoms with Crippen LogP contribution in [0.3, 0.4) is 0 Å². The molecule has 138 valence electrons. The number of carbonyl (C=O) groups excluding carboxylic acids is 3. The molecule has 2 amide bonds. The second-order valence-electron chi connectivity index (χ2n) is 6.05. The summed E-state index contributed by atoms with van der Waals surface area (Å²) in [6, 6.07) is 5.36. The zero-order valence-electron chi connectivity index (χ0n) is 14.1. The highest BCUT2D eigenvalue weighted by Gasteiger charge is 2.40. The van der Waals surface area contributed by atoms with Crippen molar-refractivity contribution in [1.29, 1.82) is 0 Å². The van der Waals surface area contributed by atoms with Crippen molar-refractivity contribution in [3.05, 3.63) is 35.0 Å². The number of H-pyrrole nitrogens is 1. The summed E-state index contributed by atoms with van der Waals surface area (Å²) < 4.78 is 4.84. The predicted octanol–water partition coefficient (Wildman–Crippen LogP) is 0.652. The normalized spacial score (nSPS) is 19.8. The van der Waals surface area contributed by atoms with E-state index in [9.17, 15) is 14.4 Å². The molecule has 0 spiro atoms. The van der Waals surface area contributed by atoms with E-state index in [0.29, 0.717) is 10.7 Å². The number of rotatable bonds is 5. The van der Waals surface area contributed by atoms with Gasteiger partial charge in [0.15, 0.2) is 0 Å². The van der Waals surface area contributed by atoms with Crippen molar-refractivity contribution in [1.82, 2.24) is 15.2 Å². The van der Waals surface area contributed by atoms with Crippen LogP contribution in [-0.2, 0) is 14.3 Å². The maximum absolute atomic E-state index is 12.5. The summed E-state index contributed by atoms with van der Waals surface area (Å²) in [6.07, 6.45) is 0. The average molecular weight is 379 g/mol. The molecular weight excluding hydrogens is 360 g/mol. The number of aromatic nitrogens is 1. The van der Waals surface area contributed by atoms with Gasteiger partial charge in [0.05, 0.1) is 12.6 Å². The van der Waals surface area contributed by atoms with Gasteiger partial charge in [-0.1, -0.05) is 11.6 Å². The first-order valence-electron chi connectivity index (χ1n) is 8.18. The first-order chi connectivity index (χ1) is 12.4. The van der Waals surface area contributed by atoms with Crippen molar-refractivity contribution in [2.75, 3.05) is 19.7 Å². The minimum Gasteiger partial charge on any atom is -0.465 e. The molecule has 0 radical (unpaired) electrons. The van der Waals surface area contributed by atoms with Gasteiger partial charge in [-0.15, -0.1) is 0 Å². The summed E-state index contributed by atoms with van der Waals surface area (Å²) in [5, 5.41) is 3.98. The molecule has 1 aliphatic heterocycles. The predicted molar refractivity (Wildman–Crippen MR) is 95.8 cm³/mol. The van der Waals surface area contributed by atoms with Gasteiger partial charge in [-0.05, 0) is 31.2 Å². The number of esters is 1. The van der Waals surface area contributed by atoms with Gasteiger partial charge in [-0.2, -0.15) is 0 Å². The van der Waals surface area contributed by atoms with Crippen LogP contribution in [0.15, 0.2) is 24.3 Å². The number of likely N-dealkylation sites (tertiary alicyclic amines) is 1. The first kappa shape index (κ1) is 18.2. The fraction of sp³-hybridized carbons (Fsp3) is 0.353. The van der Waals surface area contributed by atoms with Gasteiger partial charge in [-0.25, -0.2) is 0 Å². The van der Waals surface area contributed by atoms with Crippen LogP contribution in [0.25, 0.3) is 10.9 Å². The topological polar surface area (TPSA) is 118 Å². The number of amides is 2. The molecule has 0 saturated carbocycles. The van der Waals surface area contributed by atoms with E-state index in [2.05, 4.69) is 10.3 Å². The third kappa shape index (κ3) is 3.66. The summed E-state index contributed by atoms with van der Waals surface area (Å²) in [5.74, 6) is -1.37. The van der Waals surface area contributed by atoms with Crippen LogP contribution in [-0.4, -0.2) is 59.4 Å². The van der Waals surface area contributed by atoms with Crippen molar-refractivity contribution in [2.45, 2.75) is 19.0 Å². The van der Waals surface area contributed by atoms with Gasteiger partial charge in [-0.3, -0.25) is 14.4 Å². The Morgan fingerprint density at radius 2 is 2.19 bits per heavy atom. The Kier molecular flexibility index (Phi) is 5.15. The Morgan fingerprint density at radius 1 is 1.42 bits per heavy atom. The molecular formula is C17H19ClN4O4. The lowest BCUT2D eigenvalue weighted by Crippen LogP contribution is -2.49. The Balaban J connectivity index is 1.69. The van der Waals surface area contributed by atoms with E-state index in [4.69, 9.17) is 22.1 Å². The van der Waals surface area contributed by atoms with E-state index >= 15 is 0 Å². The molecule has 1 saturated heterocycles. The van der Waals surface area contributed by atoms with E-state index in [1.165, 1.54) is 4.90 Å². The number of hydrogen-bond acceptors (Lipinski definition) is 5. The van der Waals surface area contributed by atoms with Crippen LogP contribution >= 0.6 is 11.6 Å². The molecule has 2 heterocycles. The van der Waals surface area contributed by atoms with Gasteiger partial charge in [0.25, 0.3) is 5.91 Å². The molecule has 1 aromatic heterocycles. The number of carbonyl (C=O) groups is 3. The number of nitrogens with two attached hydrogens (primary N) is 1. The second kappa shape index (κ2) is 7.35. The minimum atomic E-state index is -0.896. The molecule has 0 aliphatic carbocycles. The standard InChI is InChI=1S/C17H19ClN4O4/c1-2-26-14(23)8-22-7-11(19)15(17(22)25)21-16(24)13-6-9-5-10(18)3-4-12(9)20-13/h3-6,11,15,20H,2,7-8,19H2,1H3,(H,21,24)/t11-,15?/m1/s1. The number of aromatic amines is 1. The number of benzene rings is 1. The second-order valence-corrected chi connectivity index (χ2v) is 6.49. The molecule has 2 aromatic rings. The van der Waals surface area contributed by atoms with Crippen molar-refractivity contribution in [3.8, 4) is 0 Å². The smallest absolute Gasteiger partial charge is 0.325 e. The van der Waals surface area contributed by atoms with Crippen LogP contribution in [0.4, 0.5) is 0 Å². The van der Waals surface area contributed by atoms with Crippen molar-refractivity contribution in [3.63, 3.8) is 0 Å². The summed E-state index contributed by atoms with van der Waals surface area (Å²) in [7, 11) is 0. The Morgan fingerprint density at radius 3 is 2.92 bits per heavy atom. The molecule has 1 fully saturated rings. The summed E-state index contributed by atoms with van der Waals surface area (Å²) >= 11 is 5.94. The maximum Gasteiger partial charge on any atom is 0.325 e. The monoisotopic (exact) mass is 378 g/mol. The molecule has 1 unspecified atom stereocenters. The van der Waals surface area contributed by atoms with Crippen LogP contribution in [0.1, 0.15) is 17.4 Å². The Bertz CT molecular complexity index is 866. The molecule has 9 heteroatoms. The number of halogens is 1. The van der Waals surface area contributed by atoms with Crippen molar-refractivity contribution in [2.24, 2.45) is 5.73 Å². The first-order valence-corrected chi connectivity index (χ1v) is 8.56.